The molecule has 0 bridgehead atoms. The number of anilines is 1. The summed E-state index contributed by atoms with van der Waals surface area (Å²) in [6.07, 6.45) is 0. The number of hydrogen-bond donors (Lipinski definition) is 1. The predicted molar refractivity (Wildman–Crippen MR) is 125 cm³/mol. The highest BCUT2D eigenvalue weighted by atomic mass is 32.2. The van der Waals surface area contributed by atoms with E-state index in [4.69, 9.17) is 14.9 Å². The molecule has 0 atom stereocenters. The summed E-state index contributed by atoms with van der Waals surface area (Å²) in [6.45, 7) is 16.2. The molecular weight excluding hydrogens is 401 g/mol. The van der Waals surface area contributed by atoms with Crippen LogP contribution in [0, 0.1) is 5.82 Å². The largest absolute Gasteiger partial charge is 0.490 e. The van der Waals surface area contributed by atoms with Gasteiger partial charge in [-0.25, -0.2) is 4.39 Å². The maximum atomic E-state index is 14.1. The Morgan fingerprint density at radius 2 is 1.62 bits per heavy atom. The zero-order valence-corrected chi connectivity index (χ0v) is 20.5. The quantitative estimate of drug-likeness (QED) is 0.213. The zero-order chi connectivity index (χ0) is 21.9. The minimum absolute atomic E-state index is 0.126. The van der Waals surface area contributed by atoms with Crippen LogP contribution in [-0.2, 0) is 9.17 Å². The first kappa shape index (κ1) is 23.8. The summed E-state index contributed by atoms with van der Waals surface area (Å²) in [6, 6.07) is 13.3. The van der Waals surface area contributed by atoms with Crippen molar-refractivity contribution in [3.63, 3.8) is 0 Å². The molecule has 0 heterocycles. The second-order valence-corrected chi connectivity index (χ2v) is 15.7. The van der Waals surface area contributed by atoms with Gasteiger partial charge in [-0.1, -0.05) is 51.1 Å². The van der Waals surface area contributed by atoms with Gasteiger partial charge >= 0.3 is 0 Å². The number of benzene rings is 2. The van der Waals surface area contributed by atoms with Crippen LogP contribution in [-0.4, -0.2) is 21.5 Å². The molecule has 0 saturated carbocycles. The number of halogens is 1. The minimum Gasteiger partial charge on any atom is -0.490 e. The second-order valence-electron chi connectivity index (χ2n) is 9.26. The van der Waals surface area contributed by atoms with Gasteiger partial charge in [0.25, 0.3) is 0 Å². The number of ether oxygens (including phenoxy) is 1. The van der Waals surface area contributed by atoms with Crippen LogP contribution in [0.1, 0.15) is 40.2 Å². The first-order valence-electron chi connectivity index (χ1n) is 9.94. The van der Waals surface area contributed by atoms with Crippen molar-refractivity contribution in [2.45, 2.75) is 62.4 Å². The Balaban J connectivity index is 2.13. The van der Waals surface area contributed by atoms with E-state index in [0.717, 1.165) is 4.90 Å². The molecule has 0 saturated heterocycles. The molecule has 0 unspecified atom stereocenters. The summed E-state index contributed by atoms with van der Waals surface area (Å²) in [5, 5.41) is 0.140. The molecule has 29 heavy (non-hydrogen) atoms. The molecule has 0 aliphatic rings. The second kappa shape index (κ2) is 9.10. The maximum Gasteiger partial charge on any atom is 0.192 e. The molecule has 2 rings (SSSR count). The smallest absolute Gasteiger partial charge is 0.192 e. The van der Waals surface area contributed by atoms with Crippen molar-refractivity contribution < 1.29 is 13.6 Å². The van der Waals surface area contributed by atoms with Crippen molar-refractivity contribution in [2.24, 2.45) is 0 Å². The Bertz CT molecular complexity index is 820. The summed E-state index contributed by atoms with van der Waals surface area (Å²) in [4.78, 5) is 0.824. The Hall–Kier alpha value is -1.50. The molecule has 0 aromatic heterocycles. The topological polar surface area (TPSA) is 44.5 Å². The number of nitrogens with two attached hydrogens (primary N) is 1. The fraction of sp³-hybridized carbons (Fsp3) is 0.478. The van der Waals surface area contributed by atoms with Crippen molar-refractivity contribution in [3.8, 4) is 5.75 Å². The summed E-state index contributed by atoms with van der Waals surface area (Å²) >= 11 is 1.61. The van der Waals surface area contributed by atoms with Crippen LogP contribution >= 0.6 is 11.8 Å². The number of rotatable bonds is 8. The lowest BCUT2D eigenvalue weighted by molar-refractivity contribution is 0.200. The van der Waals surface area contributed by atoms with Gasteiger partial charge in [0, 0.05) is 10.8 Å². The zero-order valence-electron chi connectivity index (χ0n) is 18.6. The van der Waals surface area contributed by atoms with E-state index < -0.39 is 14.1 Å². The van der Waals surface area contributed by atoms with Gasteiger partial charge in [-0.05, 0) is 43.6 Å². The average Bonchev–Trinajstić information content (AvgIpc) is 2.62. The first-order chi connectivity index (χ1) is 13.3. The summed E-state index contributed by atoms with van der Waals surface area (Å²) < 4.78 is 26.0. The molecule has 3 nitrogen and oxygen atoms in total. The molecule has 2 aromatic carbocycles. The average molecular weight is 436 g/mol. The van der Waals surface area contributed by atoms with E-state index in [1.165, 1.54) is 11.6 Å². The van der Waals surface area contributed by atoms with Crippen molar-refractivity contribution in [1.82, 2.24) is 0 Å². The highest BCUT2D eigenvalue weighted by molar-refractivity contribution is 8.00. The normalized spacial score (nSPS) is 12.8. The SMILES string of the molecule is CC(C)(Sc1cc(N)c(F)cc1OCCO[Si](C)(C)C(C)(C)C)c1ccccc1. The Morgan fingerprint density at radius 3 is 2.21 bits per heavy atom. The van der Waals surface area contributed by atoms with E-state index in [0.29, 0.717) is 19.0 Å². The van der Waals surface area contributed by atoms with E-state index in [-0.39, 0.29) is 15.5 Å². The molecule has 160 valence electrons. The molecule has 0 spiro atoms. The number of hydrogen-bond acceptors (Lipinski definition) is 4. The molecule has 0 radical (unpaired) electrons. The maximum absolute atomic E-state index is 14.1. The van der Waals surface area contributed by atoms with Gasteiger partial charge in [-0.3, -0.25) is 0 Å². The predicted octanol–water partition coefficient (Wildman–Crippen LogP) is 6.84. The van der Waals surface area contributed by atoms with E-state index in [1.807, 2.05) is 18.2 Å². The molecular formula is C23H34FNO2SSi. The van der Waals surface area contributed by atoms with Gasteiger partial charge in [0.15, 0.2) is 8.32 Å². The van der Waals surface area contributed by atoms with Crippen molar-refractivity contribution in [2.75, 3.05) is 18.9 Å². The van der Waals surface area contributed by atoms with Crippen LogP contribution < -0.4 is 10.5 Å². The van der Waals surface area contributed by atoms with Gasteiger partial charge in [0.2, 0.25) is 0 Å². The highest BCUT2D eigenvalue weighted by Gasteiger charge is 2.37. The molecule has 2 N–H and O–H groups in total. The third-order valence-corrected chi connectivity index (χ3v) is 11.3. The van der Waals surface area contributed by atoms with E-state index in [9.17, 15) is 4.39 Å². The Kier molecular flexibility index (Phi) is 7.46. The lowest BCUT2D eigenvalue weighted by atomic mass is 10.0. The van der Waals surface area contributed by atoms with Crippen LogP contribution in [0.3, 0.4) is 0 Å². The third kappa shape index (κ3) is 6.24. The standard InChI is InChI=1S/C23H34FNO2SSi/c1-22(2,3)29(6,7)27-14-13-26-20-15-18(24)19(25)16-21(20)28-23(4,5)17-11-9-8-10-12-17/h8-12,15-16H,13-14,25H2,1-7H3. The molecule has 2 aromatic rings. The van der Waals surface area contributed by atoms with Crippen LogP contribution in [0.5, 0.6) is 5.75 Å². The van der Waals surface area contributed by atoms with Crippen molar-refractivity contribution in [3.05, 3.63) is 53.8 Å². The summed E-state index contributed by atoms with van der Waals surface area (Å²) in [7, 11) is -1.84. The van der Waals surface area contributed by atoms with Crippen molar-refractivity contribution in [1.29, 1.82) is 0 Å². The minimum atomic E-state index is -1.84. The first-order valence-corrected chi connectivity index (χ1v) is 13.7. The molecule has 6 heteroatoms. The van der Waals surface area contributed by atoms with E-state index in [2.05, 4.69) is 59.8 Å². The van der Waals surface area contributed by atoms with E-state index >= 15 is 0 Å². The van der Waals surface area contributed by atoms with Crippen LogP contribution in [0.25, 0.3) is 0 Å². The van der Waals surface area contributed by atoms with Gasteiger partial charge < -0.3 is 14.9 Å². The van der Waals surface area contributed by atoms with Crippen molar-refractivity contribution >= 4 is 25.8 Å². The number of nitrogen functional groups attached to an aromatic ring is 1. The fourth-order valence-electron chi connectivity index (χ4n) is 2.58. The van der Waals surface area contributed by atoms with Crippen LogP contribution in [0.15, 0.2) is 47.4 Å². The molecule has 0 amide bonds. The van der Waals surface area contributed by atoms with E-state index in [1.54, 1.807) is 17.8 Å². The van der Waals surface area contributed by atoms with Gasteiger partial charge in [-0.15, -0.1) is 11.8 Å². The lowest BCUT2D eigenvalue weighted by Crippen LogP contribution is -2.41. The molecule has 0 fully saturated rings. The van der Waals surface area contributed by atoms with Gasteiger partial charge in [-0.2, -0.15) is 0 Å². The molecule has 0 aliphatic heterocycles. The Morgan fingerprint density at radius 1 is 1.00 bits per heavy atom. The third-order valence-electron chi connectivity index (χ3n) is 5.51. The summed E-state index contributed by atoms with van der Waals surface area (Å²) in [5.74, 6) is 0.0386. The van der Waals surface area contributed by atoms with Gasteiger partial charge in [0.05, 0.1) is 17.2 Å². The van der Waals surface area contributed by atoms with Gasteiger partial charge in [0.1, 0.15) is 18.2 Å². The molecule has 0 aliphatic carbocycles. The lowest BCUT2D eigenvalue weighted by Gasteiger charge is -2.36. The van der Waals surface area contributed by atoms with Crippen LogP contribution in [0.2, 0.25) is 18.1 Å². The van der Waals surface area contributed by atoms with Crippen LogP contribution in [0.4, 0.5) is 10.1 Å². The fourth-order valence-corrected chi connectivity index (χ4v) is 4.82. The summed E-state index contributed by atoms with van der Waals surface area (Å²) in [5.41, 5.74) is 7.15. The highest BCUT2D eigenvalue weighted by Crippen LogP contribution is 2.45. The monoisotopic (exact) mass is 435 g/mol. The Labute approximate surface area is 180 Å². The number of thioether (sulfide) groups is 1.